The van der Waals surface area contributed by atoms with Crippen molar-refractivity contribution in [2.24, 2.45) is 17.8 Å². The molecular formula is C15H24O. The van der Waals surface area contributed by atoms with Crippen LogP contribution in [-0.2, 0) is 4.74 Å². The molecule has 0 radical (unpaired) electrons. The molecule has 0 saturated heterocycles. The molecule has 1 spiro atoms. The van der Waals surface area contributed by atoms with Crippen molar-refractivity contribution in [3.05, 3.63) is 24.3 Å². The smallest absolute Gasteiger partial charge is 0.0966 e. The highest BCUT2D eigenvalue weighted by molar-refractivity contribution is 5.33. The van der Waals surface area contributed by atoms with E-state index in [1.807, 2.05) is 6.08 Å². The molecular weight excluding hydrogens is 196 g/mol. The zero-order chi connectivity index (χ0) is 11.8. The van der Waals surface area contributed by atoms with Gasteiger partial charge in [0.05, 0.1) is 12.2 Å². The molecule has 1 unspecified atom stereocenters. The molecule has 1 aliphatic carbocycles. The topological polar surface area (TPSA) is 9.23 Å². The molecule has 1 saturated carbocycles. The summed E-state index contributed by atoms with van der Waals surface area (Å²) in [5, 5.41) is 0. The van der Waals surface area contributed by atoms with E-state index in [9.17, 15) is 0 Å². The minimum Gasteiger partial charge on any atom is -0.366 e. The second-order valence-corrected chi connectivity index (χ2v) is 5.80. The first-order valence-corrected chi connectivity index (χ1v) is 6.57. The highest BCUT2D eigenvalue weighted by atomic mass is 16.5. The summed E-state index contributed by atoms with van der Waals surface area (Å²) in [7, 11) is 0. The lowest BCUT2D eigenvalue weighted by molar-refractivity contribution is -0.0797. The molecule has 1 nitrogen and oxygen atoms in total. The first kappa shape index (κ1) is 11.9. The van der Waals surface area contributed by atoms with Crippen LogP contribution in [0.25, 0.3) is 0 Å². The minimum atomic E-state index is -0.00637. The van der Waals surface area contributed by atoms with Gasteiger partial charge in [-0.25, -0.2) is 0 Å². The highest BCUT2D eigenvalue weighted by Crippen LogP contribution is 2.49. The van der Waals surface area contributed by atoms with Crippen molar-refractivity contribution in [1.82, 2.24) is 0 Å². The Bertz CT molecular complexity index is 303. The molecule has 3 atom stereocenters. The van der Waals surface area contributed by atoms with Crippen LogP contribution in [0.2, 0.25) is 0 Å². The van der Waals surface area contributed by atoms with Crippen LogP contribution < -0.4 is 0 Å². The van der Waals surface area contributed by atoms with Crippen LogP contribution in [-0.4, -0.2) is 12.2 Å². The fraction of sp³-hybridized carbons (Fsp3) is 0.733. The fourth-order valence-electron chi connectivity index (χ4n) is 3.63. The van der Waals surface area contributed by atoms with E-state index >= 15 is 0 Å². The van der Waals surface area contributed by atoms with Crippen LogP contribution in [0, 0.1) is 17.8 Å². The first-order valence-electron chi connectivity index (χ1n) is 6.57. The van der Waals surface area contributed by atoms with Crippen LogP contribution in [0.1, 0.15) is 40.0 Å². The molecule has 0 bridgehead atoms. The van der Waals surface area contributed by atoms with Gasteiger partial charge in [0, 0.05) is 0 Å². The maximum atomic E-state index is 6.17. The average molecular weight is 220 g/mol. The second kappa shape index (κ2) is 4.37. The Hall–Kier alpha value is -0.560. The molecule has 0 aromatic rings. The van der Waals surface area contributed by atoms with Gasteiger partial charge in [0.1, 0.15) is 0 Å². The largest absolute Gasteiger partial charge is 0.366 e. The highest BCUT2D eigenvalue weighted by Gasteiger charge is 2.48. The van der Waals surface area contributed by atoms with Gasteiger partial charge in [-0.3, -0.25) is 0 Å². The summed E-state index contributed by atoms with van der Waals surface area (Å²) >= 11 is 0. The van der Waals surface area contributed by atoms with Crippen molar-refractivity contribution in [3.8, 4) is 0 Å². The van der Waals surface area contributed by atoms with E-state index in [4.69, 9.17) is 4.74 Å². The number of hydrogen-bond donors (Lipinski definition) is 0. The Labute approximate surface area is 99.6 Å². The molecule has 0 N–H and O–H groups in total. The third-order valence-corrected chi connectivity index (χ3v) is 4.38. The Morgan fingerprint density at radius 3 is 2.88 bits per heavy atom. The Morgan fingerprint density at radius 2 is 2.25 bits per heavy atom. The van der Waals surface area contributed by atoms with E-state index in [1.165, 1.54) is 24.8 Å². The molecule has 1 aliphatic heterocycles. The molecule has 0 amide bonds. The summed E-state index contributed by atoms with van der Waals surface area (Å²) in [6.45, 7) is 11.7. The average Bonchev–Trinajstić information content (AvgIpc) is 2.60. The summed E-state index contributed by atoms with van der Waals surface area (Å²) < 4.78 is 6.17. The van der Waals surface area contributed by atoms with Crippen LogP contribution in [0.3, 0.4) is 0 Å². The Balaban J connectivity index is 2.32. The van der Waals surface area contributed by atoms with E-state index in [0.717, 1.165) is 12.5 Å². The van der Waals surface area contributed by atoms with Crippen LogP contribution >= 0.6 is 0 Å². The predicted molar refractivity (Wildman–Crippen MR) is 68.3 cm³/mol. The molecule has 16 heavy (non-hydrogen) atoms. The van der Waals surface area contributed by atoms with Crippen molar-refractivity contribution < 1.29 is 4.74 Å². The second-order valence-electron chi connectivity index (χ2n) is 5.80. The Morgan fingerprint density at radius 1 is 1.50 bits per heavy atom. The lowest BCUT2D eigenvalue weighted by atomic mass is 9.64. The molecule has 90 valence electrons. The van der Waals surface area contributed by atoms with Crippen molar-refractivity contribution in [2.75, 3.05) is 6.61 Å². The molecule has 2 aliphatic rings. The summed E-state index contributed by atoms with van der Waals surface area (Å²) in [6, 6.07) is 0. The van der Waals surface area contributed by atoms with Gasteiger partial charge in [-0.2, -0.15) is 0 Å². The zero-order valence-electron chi connectivity index (χ0n) is 10.8. The number of rotatable bonds is 2. The quantitative estimate of drug-likeness (QED) is 0.684. The fourth-order valence-corrected chi connectivity index (χ4v) is 3.63. The first-order chi connectivity index (χ1) is 7.60. The van der Waals surface area contributed by atoms with Gasteiger partial charge in [-0.15, -0.1) is 0 Å². The molecule has 0 aromatic carbocycles. The van der Waals surface area contributed by atoms with E-state index in [2.05, 4.69) is 33.4 Å². The number of ether oxygens (including phenoxy) is 1. The van der Waals surface area contributed by atoms with E-state index in [0.29, 0.717) is 11.8 Å². The molecule has 1 heterocycles. The summed E-state index contributed by atoms with van der Waals surface area (Å²) in [4.78, 5) is 0. The lowest BCUT2D eigenvalue weighted by Crippen LogP contribution is -2.46. The molecule has 1 fully saturated rings. The van der Waals surface area contributed by atoms with Crippen molar-refractivity contribution in [2.45, 2.75) is 45.6 Å². The molecule has 1 heteroatoms. The normalized spacial score (nSPS) is 39.1. The van der Waals surface area contributed by atoms with E-state index < -0.39 is 0 Å². The standard InChI is InChI=1S/C15H24O/c1-5-13-8-9-16-15(13)10-12(4)6-7-14(15)11(2)3/h5,8,11-12,14H,1,6-7,9-10H2,2-4H3/t12-,14+,15?/m1/s1. The lowest BCUT2D eigenvalue weighted by Gasteiger charge is -2.46. The van der Waals surface area contributed by atoms with Gasteiger partial charge in [0.25, 0.3) is 0 Å². The molecule has 0 aromatic heterocycles. The maximum Gasteiger partial charge on any atom is 0.0966 e. The zero-order valence-corrected chi connectivity index (χ0v) is 10.8. The van der Waals surface area contributed by atoms with Gasteiger partial charge in [0.2, 0.25) is 0 Å². The van der Waals surface area contributed by atoms with Crippen LogP contribution in [0.4, 0.5) is 0 Å². The van der Waals surface area contributed by atoms with E-state index in [1.54, 1.807) is 0 Å². The van der Waals surface area contributed by atoms with E-state index in [-0.39, 0.29) is 5.60 Å². The van der Waals surface area contributed by atoms with Crippen LogP contribution in [0.5, 0.6) is 0 Å². The summed E-state index contributed by atoms with van der Waals surface area (Å²) in [5.41, 5.74) is 1.34. The van der Waals surface area contributed by atoms with Gasteiger partial charge < -0.3 is 4.74 Å². The molecule has 2 rings (SSSR count). The monoisotopic (exact) mass is 220 g/mol. The number of hydrogen-bond acceptors (Lipinski definition) is 1. The SMILES string of the molecule is C=CC1=CCOC12C[C@H](C)CC[C@H]2C(C)C. The van der Waals surface area contributed by atoms with Gasteiger partial charge >= 0.3 is 0 Å². The predicted octanol–water partition coefficient (Wildman–Crippen LogP) is 3.96. The Kier molecular flexibility index (Phi) is 3.25. The van der Waals surface area contributed by atoms with Crippen molar-refractivity contribution in [1.29, 1.82) is 0 Å². The van der Waals surface area contributed by atoms with Gasteiger partial charge in [-0.1, -0.05) is 45.9 Å². The summed E-state index contributed by atoms with van der Waals surface area (Å²) in [5.74, 6) is 2.13. The summed E-state index contributed by atoms with van der Waals surface area (Å²) in [6.07, 6.45) is 8.05. The minimum absolute atomic E-state index is 0.00637. The van der Waals surface area contributed by atoms with Gasteiger partial charge in [0.15, 0.2) is 0 Å². The van der Waals surface area contributed by atoms with Crippen molar-refractivity contribution in [3.63, 3.8) is 0 Å². The van der Waals surface area contributed by atoms with Gasteiger partial charge in [-0.05, 0) is 36.2 Å². The third-order valence-electron chi connectivity index (χ3n) is 4.38. The van der Waals surface area contributed by atoms with Crippen molar-refractivity contribution >= 4 is 0 Å². The van der Waals surface area contributed by atoms with Crippen LogP contribution in [0.15, 0.2) is 24.3 Å². The maximum absolute atomic E-state index is 6.17. The third kappa shape index (κ3) is 1.75.